The van der Waals surface area contributed by atoms with Crippen molar-refractivity contribution >= 4 is 11.0 Å². The van der Waals surface area contributed by atoms with Crippen molar-refractivity contribution in [1.82, 2.24) is 14.1 Å². The number of nitriles is 1. The van der Waals surface area contributed by atoms with Crippen LogP contribution >= 0.6 is 0 Å². The number of aryl methyl sites for hydroxylation is 1. The summed E-state index contributed by atoms with van der Waals surface area (Å²) in [6, 6.07) is 1.69. The van der Waals surface area contributed by atoms with Gasteiger partial charge in [-0.3, -0.25) is 18.7 Å². The lowest BCUT2D eigenvalue weighted by Crippen LogP contribution is -2.39. The number of fused-ring (bicyclic) bond motifs is 1. The van der Waals surface area contributed by atoms with Gasteiger partial charge in [0.15, 0.2) is 0 Å². The first-order chi connectivity index (χ1) is 7.99. The van der Waals surface area contributed by atoms with Crippen molar-refractivity contribution in [1.29, 1.82) is 5.26 Å². The van der Waals surface area contributed by atoms with Gasteiger partial charge in [0.1, 0.15) is 22.7 Å². The smallest absolute Gasteiger partial charge is 0.332 e. The zero-order valence-corrected chi connectivity index (χ0v) is 9.14. The normalized spacial score (nSPS) is 10.4. The Morgan fingerprint density at radius 1 is 1.24 bits per heavy atom. The Morgan fingerprint density at radius 3 is 2.47 bits per heavy atom. The highest BCUT2D eigenvalue weighted by atomic mass is 16.2. The van der Waals surface area contributed by atoms with Crippen LogP contribution in [0.1, 0.15) is 5.56 Å². The summed E-state index contributed by atoms with van der Waals surface area (Å²) in [5, 5.41) is 8.53. The lowest BCUT2D eigenvalue weighted by Gasteiger charge is -2.06. The number of pyridine rings is 1. The maximum Gasteiger partial charge on any atom is 0.332 e. The first kappa shape index (κ1) is 10.9. The molecule has 2 aromatic rings. The number of hydrogen-bond donors (Lipinski definition) is 1. The average Bonchev–Trinajstić information content (AvgIpc) is 2.33. The molecule has 7 heteroatoms. The van der Waals surface area contributed by atoms with Crippen LogP contribution in [0.5, 0.6) is 0 Å². The van der Waals surface area contributed by atoms with E-state index in [2.05, 4.69) is 4.98 Å². The predicted octanol–water partition coefficient (Wildman–Crippen LogP) is -1.20. The molecule has 0 aliphatic heterocycles. The van der Waals surface area contributed by atoms with Crippen LogP contribution in [-0.4, -0.2) is 14.1 Å². The fourth-order valence-electron chi connectivity index (χ4n) is 1.64. The SMILES string of the molecule is Cn1c(=O)c2c(=O)c(C#N)c[nH]c2n(C)c1=O. The lowest BCUT2D eigenvalue weighted by atomic mass is 10.2. The second-order valence-corrected chi connectivity index (χ2v) is 3.57. The van der Waals surface area contributed by atoms with Gasteiger partial charge < -0.3 is 4.98 Å². The van der Waals surface area contributed by atoms with E-state index in [1.807, 2.05) is 0 Å². The zero-order valence-electron chi connectivity index (χ0n) is 9.14. The molecule has 17 heavy (non-hydrogen) atoms. The summed E-state index contributed by atoms with van der Waals surface area (Å²) in [4.78, 5) is 37.9. The van der Waals surface area contributed by atoms with E-state index in [4.69, 9.17) is 5.26 Å². The molecule has 0 saturated heterocycles. The van der Waals surface area contributed by atoms with E-state index in [-0.39, 0.29) is 16.6 Å². The van der Waals surface area contributed by atoms with Gasteiger partial charge in [-0.1, -0.05) is 0 Å². The van der Waals surface area contributed by atoms with Crippen molar-refractivity contribution in [3.05, 3.63) is 42.8 Å². The summed E-state index contributed by atoms with van der Waals surface area (Å²) >= 11 is 0. The number of nitrogens with one attached hydrogen (secondary N) is 1. The van der Waals surface area contributed by atoms with Crippen LogP contribution < -0.4 is 16.7 Å². The molecule has 7 nitrogen and oxygen atoms in total. The van der Waals surface area contributed by atoms with Gasteiger partial charge in [-0.15, -0.1) is 0 Å². The van der Waals surface area contributed by atoms with Crippen LogP contribution in [0.15, 0.2) is 20.6 Å². The summed E-state index contributed by atoms with van der Waals surface area (Å²) in [5.74, 6) is 0. The molecule has 0 unspecified atom stereocenters. The topological polar surface area (TPSA) is 101 Å². The van der Waals surface area contributed by atoms with Gasteiger partial charge in [0.25, 0.3) is 5.56 Å². The molecule has 0 spiro atoms. The molecular weight excluding hydrogens is 224 g/mol. The van der Waals surface area contributed by atoms with Crippen LogP contribution in [0.25, 0.3) is 11.0 Å². The fourth-order valence-corrected chi connectivity index (χ4v) is 1.64. The minimum atomic E-state index is -0.707. The molecule has 0 atom stereocenters. The summed E-state index contributed by atoms with van der Waals surface area (Å²) in [7, 11) is 2.72. The second kappa shape index (κ2) is 3.45. The van der Waals surface area contributed by atoms with Crippen molar-refractivity contribution < 1.29 is 0 Å². The highest BCUT2D eigenvalue weighted by Gasteiger charge is 2.13. The average molecular weight is 232 g/mol. The maximum absolute atomic E-state index is 11.8. The van der Waals surface area contributed by atoms with Crippen LogP contribution in [-0.2, 0) is 14.1 Å². The summed E-state index contributed by atoms with van der Waals surface area (Å²) < 4.78 is 1.98. The molecule has 1 N–H and O–H groups in total. The van der Waals surface area contributed by atoms with Crippen molar-refractivity contribution in [2.24, 2.45) is 14.1 Å². The molecule has 0 aromatic carbocycles. The molecule has 0 bridgehead atoms. The van der Waals surface area contributed by atoms with Crippen LogP contribution in [0.3, 0.4) is 0 Å². The lowest BCUT2D eigenvalue weighted by molar-refractivity contribution is 0.707. The molecule has 86 valence electrons. The minimum Gasteiger partial charge on any atom is -0.346 e. The van der Waals surface area contributed by atoms with Gasteiger partial charge >= 0.3 is 5.69 Å². The molecule has 0 saturated carbocycles. The monoisotopic (exact) mass is 232 g/mol. The van der Waals surface area contributed by atoms with Gasteiger partial charge in [0.05, 0.1) is 0 Å². The number of aromatic nitrogens is 3. The van der Waals surface area contributed by atoms with Gasteiger partial charge in [-0.2, -0.15) is 5.26 Å². The molecule has 0 amide bonds. The quantitative estimate of drug-likeness (QED) is 0.616. The van der Waals surface area contributed by atoms with Crippen LogP contribution in [0.2, 0.25) is 0 Å². The Labute approximate surface area is 94.2 Å². The molecule has 0 aliphatic rings. The van der Waals surface area contributed by atoms with Gasteiger partial charge in [-0.05, 0) is 0 Å². The van der Waals surface area contributed by atoms with E-state index >= 15 is 0 Å². The first-order valence-electron chi connectivity index (χ1n) is 4.70. The van der Waals surface area contributed by atoms with Gasteiger partial charge in [-0.25, -0.2) is 4.79 Å². The molecule has 0 radical (unpaired) electrons. The Bertz CT molecular complexity index is 832. The summed E-state index contributed by atoms with van der Waals surface area (Å²) in [5.41, 5.74) is -1.96. The number of H-pyrrole nitrogens is 1. The highest BCUT2D eigenvalue weighted by Crippen LogP contribution is 1.99. The number of rotatable bonds is 0. The fraction of sp³-hybridized carbons (Fsp3) is 0.200. The third-order valence-corrected chi connectivity index (χ3v) is 2.61. The first-order valence-corrected chi connectivity index (χ1v) is 4.70. The van der Waals surface area contributed by atoms with E-state index in [0.29, 0.717) is 0 Å². The van der Waals surface area contributed by atoms with Crippen LogP contribution in [0.4, 0.5) is 0 Å². The molecule has 0 aliphatic carbocycles. The summed E-state index contributed by atoms with van der Waals surface area (Å²) in [6.45, 7) is 0. The second-order valence-electron chi connectivity index (χ2n) is 3.57. The van der Waals surface area contributed by atoms with Crippen molar-refractivity contribution in [3.8, 4) is 6.07 Å². The van der Waals surface area contributed by atoms with E-state index in [1.165, 1.54) is 20.3 Å². The maximum atomic E-state index is 11.8. The molecular formula is C10H8N4O3. The summed E-state index contributed by atoms with van der Waals surface area (Å²) in [6.07, 6.45) is 1.18. The van der Waals surface area contributed by atoms with E-state index in [1.54, 1.807) is 6.07 Å². The number of aromatic amines is 1. The largest absolute Gasteiger partial charge is 0.346 e. The third-order valence-electron chi connectivity index (χ3n) is 2.61. The molecule has 2 aromatic heterocycles. The molecule has 2 rings (SSSR count). The van der Waals surface area contributed by atoms with E-state index < -0.39 is 16.7 Å². The number of hydrogen-bond acceptors (Lipinski definition) is 4. The highest BCUT2D eigenvalue weighted by molar-refractivity contribution is 5.74. The Morgan fingerprint density at radius 2 is 1.88 bits per heavy atom. The van der Waals surface area contributed by atoms with Crippen LogP contribution in [0, 0.1) is 11.3 Å². The van der Waals surface area contributed by atoms with Crippen molar-refractivity contribution in [2.75, 3.05) is 0 Å². The Kier molecular flexibility index (Phi) is 2.21. The minimum absolute atomic E-state index is 0.113. The standard InChI is InChI=1S/C10H8N4O3/c1-13-8-6(9(16)14(2)10(13)17)7(15)5(3-11)4-12-8/h4H,1-2H3,(H,12,15). The van der Waals surface area contributed by atoms with E-state index in [9.17, 15) is 14.4 Å². The van der Waals surface area contributed by atoms with E-state index in [0.717, 1.165) is 9.13 Å². The van der Waals surface area contributed by atoms with Gasteiger partial charge in [0.2, 0.25) is 5.43 Å². The number of nitrogens with zero attached hydrogens (tertiary/aromatic N) is 3. The predicted molar refractivity (Wildman–Crippen MR) is 59.8 cm³/mol. The Balaban J connectivity index is 3.27. The third kappa shape index (κ3) is 1.31. The molecule has 2 heterocycles. The van der Waals surface area contributed by atoms with Crippen molar-refractivity contribution in [2.45, 2.75) is 0 Å². The Hall–Kier alpha value is -2.62. The zero-order chi connectivity index (χ0) is 12.7. The molecule has 0 fully saturated rings. The van der Waals surface area contributed by atoms with Crippen molar-refractivity contribution in [3.63, 3.8) is 0 Å². The van der Waals surface area contributed by atoms with Gasteiger partial charge in [0, 0.05) is 20.3 Å².